The van der Waals surface area contributed by atoms with Crippen LogP contribution in [0.4, 0.5) is 0 Å². The van der Waals surface area contributed by atoms with Gasteiger partial charge in [0.1, 0.15) is 17.3 Å². The van der Waals surface area contributed by atoms with E-state index in [0.29, 0.717) is 28.6 Å². The number of benzene rings is 1. The van der Waals surface area contributed by atoms with E-state index in [1.54, 1.807) is 25.3 Å². The smallest absolute Gasteiger partial charge is 0.256 e. The SMILES string of the molecule is COc1ccc(C2=C(O)C(C)(C3CC3)NC2=O)c(OC)c1. The summed E-state index contributed by atoms with van der Waals surface area (Å²) in [6.07, 6.45) is 2.04. The van der Waals surface area contributed by atoms with Gasteiger partial charge in [-0.25, -0.2) is 0 Å². The van der Waals surface area contributed by atoms with Crippen molar-refractivity contribution >= 4 is 11.5 Å². The molecule has 1 unspecified atom stereocenters. The van der Waals surface area contributed by atoms with Gasteiger partial charge in [-0.05, 0) is 37.8 Å². The van der Waals surface area contributed by atoms with Gasteiger partial charge in [-0.1, -0.05) is 0 Å². The molecule has 1 aromatic rings. The van der Waals surface area contributed by atoms with Gasteiger partial charge in [0.2, 0.25) is 0 Å². The fraction of sp³-hybridized carbons (Fsp3) is 0.438. The van der Waals surface area contributed by atoms with E-state index in [2.05, 4.69) is 5.32 Å². The first-order valence-electron chi connectivity index (χ1n) is 7.00. The fourth-order valence-corrected chi connectivity index (χ4v) is 2.94. The number of ether oxygens (including phenoxy) is 2. The van der Waals surface area contributed by atoms with Crippen LogP contribution < -0.4 is 14.8 Å². The summed E-state index contributed by atoms with van der Waals surface area (Å²) in [6, 6.07) is 5.19. The third-order valence-electron chi connectivity index (χ3n) is 4.40. The quantitative estimate of drug-likeness (QED) is 0.892. The average Bonchev–Trinajstić information content (AvgIpc) is 3.29. The minimum Gasteiger partial charge on any atom is -0.509 e. The van der Waals surface area contributed by atoms with Crippen LogP contribution in [0, 0.1) is 5.92 Å². The molecule has 0 saturated heterocycles. The lowest BCUT2D eigenvalue weighted by Crippen LogP contribution is -2.43. The highest BCUT2D eigenvalue weighted by atomic mass is 16.5. The molecule has 1 aromatic carbocycles. The van der Waals surface area contributed by atoms with Crippen LogP contribution in [0.25, 0.3) is 5.57 Å². The summed E-state index contributed by atoms with van der Waals surface area (Å²) in [4.78, 5) is 12.3. The van der Waals surface area contributed by atoms with E-state index < -0.39 is 5.54 Å². The maximum atomic E-state index is 12.3. The lowest BCUT2D eigenvalue weighted by molar-refractivity contribution is -0.116. The molecule has 5 nitrogen and oxygen atoms in total. The van der Waals surface area contributed by atoms with Gasteiger partial charge in [0.25, 0.3) is 5.91 Å². The van der Waals surface area contributed by atoms with Crippen LogP contribution in [-0.4, -0.2) is 30.8 Å². The first-order valence-corrected chi connectivity index (χ1v) is 7.00. The second kappa shape index (κ2) is 4.69. The van der Waals surface area contributed by atoms with Crippen molar-refractivity contribution in [3.63, 3.8) is 0 Å². The van der Waals surface area contributed by atoms with Crippen LogP contribution in [0.3, 0.4) is 0 Å². The molecule has 2 N–H and O–H groups in total. The van der Waals surface area contributed by atoms with Gasteiger partial charge in [-0.2, -0.15) is 0 Å². The average molecular weight is 289 g/mol. The first-order chi connectivity index (χ1) is 10.0. The van der Waals surface area contributed by atoms with E-state index in [-0.39, 0.29) is 11.7 Å². The predicted molar refractivity (Wildman–Crippen MR) is 78.4 cm³/mol. The Morgan fingerprint density at radius 3 is 2.57 bits per heavy atom. The largest absolute Gasteiger partial charge is 0.509 e. The molecule has 0 bridgehead atoms. The van der Waals surface area contributed by atoms with Gasteiger partial charge in [0, 0.05) is 11.6 Å². The van der Waals surface area contributed by atoms with Gasteiger partial charge < -0.3 is 19.9 Å². The highest BCUT2D eigenvalue weighted by Gasteiger charge is 2.52. The van der Waals surface area contributed by atoms with Crippen LogP contribution >= 0.6 is 0 Å². The molecule has 1 saturated carbocycles. The molecule has 0 radical (unpaired) electrons. The highest BCUT2D eigenvalue weighted by Crippen LogP contribution is 2.48. The zero-order chi connectivity index (χ0) is 15.2. The lowest BCUT2D eigenvalue weighted by Gasteiger charge is -2.24. The Balaban J connectivity index is 2.10. The van der Waals surface area contributed by atoms with Crippen molar-refractivity contribution in [2.75, 3.05) is 14.2 Å². The number of nitrogens with one attached hydrogen (secondary N) is 1. The third-order valence-corrected chi connectivity index (χ3v) is 4.40. The fourth-order valence-electron chi connectivity index (χ4n) is 2.94. The number of methoxy groups -OCH3 is 2. The molecule has 0 spiro atoms. The van der Waals surface area contributed by atoms with E-state index in [1.165, 1.54) is 7.11 Å². The summed E-state index contributed by atoms with van der Waals surface area (Å²) in [5, 5.41) is 13.5. The number of hydrogen-bond acceptors (Lipinski definition) is 4. The number of rotatable bonds is 4. The highest BCUT2D eigenvalue weighted by molar-refractivity contribution is 6.23. The van der Waals surface area contributed by atoms with Crippen molar-refractivity contribution in [1.29, 1.82) is 0 Å². The second-order valence-electron chi connectivity index (χ2n) is 5.72. The molecule has 1 amide bonds. The van der Waals surface area contributed by atoms with E-state index >= 15 is 0 Å². The topological polar surface area (TPSA) is 67.8 Å². The van der Waals surface area contributed by atoms with Crippen molar-refractivity contribution in [3.8, 4) is 11.5 Å². The Hall–Kier alpha value is -2.17. The normalized spacial score (nSPS) is 25.0. The Morgan fingerprint density at radius 1 is 1.29 bits per heavy atom. The van der Waals surface area contributed by atoms with Crippen molar-refractivity contribution in [1.82, 2.24) is 5.32 Å². The number of aliphatic hydroxyl groups is 1. The van der Waals surface area contributed by atoms with Crippen molar-refractivity contribution in [2.45, 2.75) is 25.3 Å². The molecule has 5 heteroatoms. The molecular formula is C16H19NO4. The number of aliphatic hydroxyl groups excluding tert-OH is 1. The van der Waals surface area contributed by atoms with E-state index in [0.717, 1.165) is 12.8 Å². The molecule has 1 aliphatic heterocycles. The summed E-state index contributed by atoms with van der Waals surface area (Å²) >= 11 is 0. The zero-order valence-corrected chi connectivity index (χ0v) is 12.4. The molecule has 1 aliphatic carbocycles. The molecule has 112 valence electrons. The molecule has 1 atom stereocenters. The van der Waals surface area contributed by atoms with E-state index in [9.17, 15) is 9.90 Å². The zero-order valence-electron chi connectivity index (χ0n) is 12.4. The molecule has 2 aliphatic rings. The predicted octanol–water partition coefficient (Wildman–Crippen LogP) is 2.27. The Morgan fingerprint density at radius 2 is 2.00 bits per heavy atom. The molecule has 3 rings (SSSR count). The monoisotopic (exact) mass is 289 g/mol. The van der Waals surface area contributed by atoms with Gasteiger partial charge in [-0.15, -0.1) is 0 Å². The van der Waals surface area contributed by atoms with Crippen LogP contribution in [-0.2, 0) is 4.79 Å². The standard InChI is InChI=1S/C16H19NO4/c1-16(9-4-5-9)14(18)13(15(19)17-16)11-7-6-10(20-2)8-12(11)21-3/h6-9,18H,4-5H2,1-3H3,(H,17,19). The number of amides is 1. The minimum absolute atomic E-state index is 0.110. The lowest BCUT2D eigenvalue weighted by atomic mass is 9.92. The molecule has 0 aromatic heterocycles. The van der Waals surface area contributed by atoms with Crippen LogP contribution in [0.15, 0.2) is 24.0 Å². The molecule has 1 fully saturated rings. The summed E-state index contributed by atoms with van der Waals surface area (Å²) in [7, 11) is 3.10. The number of hydrogen-bond donors (Lipinski definition) is 2. The summed E-state index contributed by atoms with van der Waals surface area (Å²) in [5.74, 6) is 1.30. The van der Waals surface area contributed by atoms with Crippen LogP contribution in [0.1, 0.15) is 25.3 Å². The van der Waals surface area contributed by atoms with Gasteiger partial charge in [0.15, 0.2) is 0 Å². The van der Waals surface area contributed by atoms with Crippen LogP contribution in [0.5, 0.6) is 11.5 Å². The maximum absolute atomic E-state index is 12.3. The Labute approximate surface area is 123 Å². The van der Waals surface area contributed by atoms with Crippen molar-refractivity contribution in [2.24, 2.45) is 5.92 Å². The molecule has 1 heterocycles. The second-order valence-corrected chi connectivity index (χ2v) is 5.72. The summed E-state index contributed by atoms with van der Waals surface area (Å²) < 4.78 is 10.5. The van der Waals surface area contributed by atoms with Gasteiger partial charge >= 0.3 is 0 Å². The maximum Gasteiger partial charge on any atom is 0.256 e. The first kappa shape index (κ1) is 13.8. The van der Waals surface area contributed by atoms with Crippen molar-refractivity contribution in [3.05, 3.63) is 29.5 Å². The summed E-state index contributed by atoms with van der Waals surface area (Å²) in [5.41, 5.74) is 0.221. The third kappa shape index (κ3) is 2.04. The molecular weight excluding hydrogens is 270 g/mol. The molecule has 21 heavy (non-hydrogen) atoms. The van der Waals surface area contributed by atoms with E-state index in [4.69, 9.17) is 9.47 Å². The Kier molecular flexibility index (Phi) is 3.08. The number of carbonyl (C=O) groups is 1. The summed E-state index contributed by atoms with van der Waals surface area (Å²) in [6.45, 7) is 1.88. The van der Waals surface area contributed by atoms with Crippen molar-refractivity contribution < 1.29 is 19.4 Å². The Bertz CT molecular complexity index is 633. The van der Waals surface area contributed by atoms with Gasteiger partial charge in [0.05, 0.1) is 25.3 Å². The minimum atomic E-state index is -0.655. The van der Waals surface area contributed by atoms with E-state index in [1.807, 2.05) is 6.92 Å². The van der Waals surface area contributed by atoms with Crippen LogP contribution in [0.2, 0.25) is 0 Å². The number of carbonyl (C=O) groups excluding carboxylic acids is 1. The van der Waals surface area contributed by atoms with Gasteiger partial charge in [-0.3, -0.25) is 4.79 Å².